The highest BCUT2D eigenvalue weighted by molar-refractivity contribution is 7.99. The predicted octanol–water partition coefficient (Wildman–Crippen LogP) is 4.83. The molecule has 7 nitrogen and oxygen atoms in total. The molecule has 0 atom stereocenters. The van der Waals surface area contributed by atoms with Gasteiger partial charge in [-0.1, -0.05) is 44.5 Å². The molecule has 0 aromatic carbocycles. The highest BCUT2D eigenvalue weighted by Gasteiger charge is 2.26. The van der Waals surface area contributed by atoms with Crippen molar-refractivity contribution in [2.45, 2.75) is 70.0 Å². The molecule has 0 unspecified atom stereocenters. The quantitative estimate of drug-likeness (QED) is 0.344. The predicted molar refractivity (Wildman–Crippen MR) is 125 cm³/mol. The molecule has 2 aromatic rings. The Balaban J connectivity index is 1.76. The van der Waals surface area contributed by atoms with Gasteiger partial charge in [-0.3, -0.25) is 4.79 Å². The van der Waals surface area contributed by atoms with Crippen molar-refractivity contribution in [2.24, 2.45) is 0 Å². The van der Waals surface area contributed by atoms with Crippen LogP contribution in [0.3, 0.4) is 0 Å². The molecule has 168 valence electrons. The zero-order chi connectivity index (χ0) is 22.4. The van der Waals surface area contributed by atoms with E-state index in [9.17, 15) is 9.59 Å². The molecule has 0 spiro atoms. The number of nitrogens with zero attached hydrogens (tertiary/aromatic N) is 3. The summed E-state index contributed by atoms with van der Waals surface area (Å²) >= 11 is 2.84. The standard InChI is InChI=1S/C22H30N4O3S2/c1-5-12-26-19(14(2)3)24-25-22(26)30-13-17(27)23-20-18(21(28)29-4)15-10-8-6-7-9-11-16(15)31-20/h5,14H,1,6-13H2,2-4H3,(H,23,27). The number of allylic oxidation sites excluding steroid dienone is 1. The van der Waals surface area contributed by atoms with Gasteiger partial charge in [0.1, 0.15) is 10.8 Å². The Hall–Kier alpha value is -2.13. The van der Waals surface area contributed by atoms with E-state index >= 15 is 0 Å². The molecule has 1 aliphatic rings. The SMILES string of the molecule is C=CCn1c(SCC(=O)Nc2sc3c(c2C(=O)OC)CCCCCC3)nnc1C(C)C. The summed E-state index contributed by atoms with van der Waals surface area (Å²) in [6.07, 6.45) is 8.11. The Labute approximate surface area is 191 Å². The van der Waals surface area contributed by atoms with Crippen LogP contribution in [0.4, 0.5) is 5.00 Å². The first-order chi connectivity index (χ1) is 15.0. The Morgan fingerprint density at radius 1 is 1.26 bits per heavy atom. The number of carbonyl (C=O) groups excluding carboxylic acids is 2. The van der Waals surface area contributed by atoms with Crippen LogP contribution in [0, 0.1) is 0 Å². The molecule has 0 bridgehead atoms. The number of thioether (sulfide) groups is 1. The van der Waals surface area contributed by atoms with E-state index in [0.29, 0.717) is 22.3 Å². The molecule has 2 heterocycles. The number of ether oxygens (including phenoxy) is 1. The van der Waals surface area contributed by atoms with E-state index in [-0.39, 0.29) is 23.5 Å². The van der Waals surface area contributed by atoms with Gasteiger partial charge in [-0.05, 0) is 31.2 Å². The largest absolute Gasteiger partial charge is 0.465 e. The van der Waals surface area contributed by atoms with E-state index in [1.807, 2.05) is 4.57 Å². The second kappa shape index (κ2) is 10.9. The van der Waals surface area contributed by atoms with Gasteiger partial charge in [0.25, 0.3) is 0 Å². The van der Waals surface area contributed by atoms with Crippen LogP contribution >= 0.6 is 23.1 Å². The van der Waals surface area contributed by atoms with Crippen LogP contribution in [0.2, 0.25) is 0 Å². The van der Waals surface area contributed by atoms with Gasteiger partial charge in [0.05, 0.1) is 18.4 Å². The van der Waals surface area contributed by atoms with Crippen LogP contribution in [-0.2, 0) is 28.9 Å². The third-order valence-electron chi connectivity index (χ3n) is 5.22. The van der Waals surface area contributed by atoms with E-state index in [1.165, 1.54) is 41.5 Å². The number of aryl methyl sites for hydroxylation is 1. The second-order valence-electron chi connectivity index (χ2n) is 7.85. The number of esters is 1. The first-order valence-electron chi connectivity index (χ1n) is 10.7. The van der Waals surface area contributed by atoms with E-state index in [1.54, 1.807) is 6.08 Å². The van der Waals surface area contributed by atoms with Crippen LogP contribution in [0.15, 0.2) is 17.8 Å². The van der Waals surface area contributed by atoms with Crippen LogP contribution in [0.25, 0.3) is 0 Å². The summed E-state index contributed by atoms with van der Waals surface area (Å²) in [5, 5.41) is 12.7. The van der Waals surface area contributed by atoms with Crippen molar-refractivity contribution in [2.75, 3.05) is 18.2 Å². The summed E-state index contributed by atoms with van der Waals surface area (Å²) in [5.74, 6) is 0.714. The average Bonchev–Trinajstić information content (AvgIpc) is 3.27. The van der Waals surface area contributed by atoms with Crippen molar-refractivity contribution < 1.29 is 14.3 Å². The third-order valence-corrected chi connectivity index (χ3v) is 7.39. The summed E-state index contributed by atoms with van der Waals surface area (Å²) in [5.41, 5.74) is 1.58. The summed E-state index contributed by atoms with van der Waals surface area (Å²) in [4.78, 5) is 26.4. The highest BCUT2D eigenvalue weighted by atomic mass is 32.2. The Kier molecular flexibility index (Phi) is 8.31. The van der Waals surface area contributed by atoms with Crippen molar-refractivity contribution in [3.05, 3.63) is 34.5 Å². The van der Waals surface area contributed by atoms with Gasteiger partial charge < -0.3 is 14.6 Å². The van der Waals surface area contributed by atoms with E-state index < -0.39 is 0 Å². The molecular weight excluding hydrogens is 432 g/mol. The number of hydrogen-bond acceptors (Lipinski definition) is 7. The number of rotatable bonds is 8. The summed E-state index contributed by atoms with van der Waals surface area (Å²) in [6, 6.07) is 0. The van der Waals surface area contributed by atoms with Crippen LogP contribution in [0.5, 0.6) is 0 Å². The number of methoxy groups -OCH3 is 1. The highest BCUT2D eigenvalue weighted by Crippen LogP contribution is 2.37. The fraction of sp³-hybridized carbons (Fsp3) is 0.545. The number of thiophene rings is 1. The Morgan fingerprint density at radius 2 is 2.00 bits per heavy atom. The zero-order valence-electron chi connectivity index (χ0n) is 18.4. The van der Waals surface area contributed by atoms with Gasteiger partial charge >= 0.3 is 5.97 Å². The molecule has 0 saturated carbocycles. The molecule has 0 fully saturated rings. The molecule has 9 heteroatoms. The lowest BCUT2D eigenvalue weighted by Gasteiger charge is -2.11. The third kappa shape index (κ3) is 5.57. The van der Waals surface area contributed by atoms with E-state index in [2.05, 4.69) is 35.9 Å². The van der Waals surface area contributed by atoms with Gasteiger partial charge in [0.2, 0.25) is 5.91 Å². The summed E-state index contributed by atoms with van der Waals surface area (Å²) < 4.78 is 7.01. The smallest absolute Gasteiger partial charge is 0.341 e. The van der Waals surface area contributed by atoms with Gasteiger partial charge in [0, 0.05) is 17.3 Å². The van der Waals surface area contributed by atoms with Crippen LogP contribution in [-0.4, -0.2) is 39.5 Å². The number of fused-ring (bicyclic) bond motifs is 1. The lowest BCUT2D eigenvalue weighted by Crippen LogP contribution is -2.17. The van der Waals surface area contributed by atoms with Crippen molar-refractivity contribution in [3.63, 3.8) is 0 Å². The molecule has 0 saturated heterocycles. The molecular formula is C22H30N4O3S2. The molecule has 1 N–H and O–H groups in total. The van der Waals surface area contributed by atoms with Crippen molar-refractivity contribution in [1.82, 2.24) is 14.8 Å². The monoisotopic (exact) mass is 462 g/mol. The van der Waals surface area contributed by atoms with Crippen LogP contribution in [0.1, 0.15) is 72.1 Å². The maximum atomic E-state index is 12.8. The molecule has 0 radical (unpaired) electrons. The molecule has 31 heavy (non-hydrogen) atoms. The first kappa shape index (κ1) is 23.5. The molecule has 0 aliphatic heterocycles. The maximum Gasteiger partial charge on any atom is 0.341 e. The number of hydrogen-bond donors (Lipinski definition) is 1. The van der Waals surface area contributed by atoms with Gasteiger partial charge in [-0.2, -0.15) is 0 Å². The normalized spacial score (nSPS) is 13.9. The summed E-state index contributed by atoms with van der Waals surface area (Å²) in [6.45, 7) is 8.51. The van der Waals surface area contributed by atoms with Crippen LogP contribution < -0.4 is 5.32 Å². The van der Waals surface area contributed by atoms with Gasteiger partial charge in [0.15, 0.2) is 5.16 Å². The molecule has 3 rings (SSSR count). The number of carbonyl (C=O) groups is 2. The minimum Gasteiger partial charge on any atom is -0.465 e. The second-order valence-corrected chi connectivity index (χ2v) is 9.89. The molecule has 1 aliphatic carbocycles. The minimum atomic E-state index is -0.381. The van der Waals surface area contributed by atoms with Gasteiger partial charge in [-0.15, -0.1) is 28.1 Å². The Morgan fingerprint density at radius 3 is 2.68 bits per heavy atom. The number of aromatic nitrogens is 3. The number of anilines is 1. The van der Waals surface area contributed by atoms with Gasteiger partial charge in [-0.25, -0.2) is 4.79 Å². The lowest BCUT2D eigenvalue weighted by atomic mass is 9.96. The maximum absolute atomic E-state index is 12.8. The fourth-order valence-electron chi connectivity index (χ4n) is 3.75. The topological polar surface area (TPSA) is 86.1 Å². The van der Waals surface area contributed by atoms with E-state index in [0.717, 1.165) is 43.5 Å². The minimum absolute atomic E-state index is 0.177. The first-order valence-corrected chi connectivity index (χ1v) is 12.5. The van der Waals surface area contributed by atoms with Crippen molar-refractivity contribution >= 4 is 40.0 Å². The fourth-order valence-corrected chi connectivity index (χ4v) is 5.80. The van der Waals surface area contributed by atoms with E-state index in [4.69, 9.17) is 4.74 Å². The average molecular weight is 463 g/mol. The Bertz CT molecular complexity index is 949. The lowest BCUT2D eigenvalue weighted by molar-refractivity contribution is -0.113. The summed E-state index contributed by atoms with van der Waals surface area (Å²) in [7, 11) is 1.38. The molecule has 1 amide bonds. The molecule has 2 aromatic heterocycles. The number of amides is 1. The van der Waals surface area contributed by atoms with Crippen molar-refractivity contribution in [3.8, 4) is 0 Å². The zero-order valence-corrected chi connectivity index (χ0v) is 20.0. The van der Waals surface area contributed by atoms with Crippen molar-refractivity contribution in [1.29, 1.82) is 0 Å². The number of nitrogens with one attached hydrogen (secondary N) is 1.